The molecule has 2 aromatic rings. The normalized spacial score (nSPS) is 11.4. The van der Waals surface area contributed by atoms with Gasteiger partial charge in [-0.3, -0.25) is 0 Å². The standard InChI is InChI=1S/C18H29N3/c1-3-5-6-7-13-21-17-11-10-15(4-2)14-16(17)20-18(21)9-8-12-19/h10-11,14H,3-9,12-13,19H2,1-2H3. The molecule has 21 heavy (non-hydrogen) atoms. The van der Waals surface area contributed by atoms with Crippen molar-refractivity contribution in [1.82, 2.24) is 9.55 Å². The highest BCUT2D eigenvalue weighted by molar-refractivity contribution is 5.77. The van der Waals surface area contributed by atoms with Crippen LogP contribution >= 0.6 is 0 Å². The summed E-state index contributed by atoms with van der Waals surface area (Å²) in [5, 5.41) is 0. The Morgan fingerprint density at radius 1 is 1.10 bits per heavy atom. The van der Waals surface area contributed by atoms with Crippen LogP contribution in [0.25, 0.3) is 11.0 Å². The van der Waals surface area contributed by atoms with Crippen molar-refractivity contribution in [3.8, 4) is 0 Å². The third-order valence-electron chi connectivity index (χ3n) is 4.14. The van der Waals surface area contributed by atoms with E-state index >= 15 is 0 Å². The Labute approximate surface area is 128 Å². The van der Waals surface area contributed by atoms with E-state index in [2.05, 4.69) is 36.6 Å². The average molecular weight is 287 g/mol. The van der Waals surface area contributed by atoms with Gasteiger partial charge < -0.3 is 10.3 Å². The minimum atomic E-state index is 0.735. The second kappa shape index (κ2) is 8.18. The lowest BCUT2D eigenvalue weighted by molar-refractivity contribution is 0.570. The molecule has 0 amide bonds. The zero-order valence-electron chi connectivity index (χ0n) is 13.6. The van der Waals surface area contributed by atoms with Gasteiger partial charge in [-0.05, 0) is 43.5 Å². The topological polar surface area (TPSA) is 43.8 Å². The molecule has 1 aromatic carbocycles. The molecular formula is C18H29N3. The molecule has 2 rings (SSSR count). The summed E-state index contributed by atoms with van der Waals surface area (Å²) in [7, 11) is 0. The molecule has 0 aliphatic rings. The van der Waals surface area contributed by atoms with Crippen LogP contribution in [-0.4, -0.2) is 16.1 Å². The molecule has 0 saturated heterocycles. The van der Waals surface area contributed by atoms with Crippen LogP contribution in [0, 0.1) is 0 Å². The highest BCUT2D eigenvalue weighted by atomic mass is 15.1. The van der Waals surface area contributed by atoms with Crippen LogP contribution in [-0.2, 0) is 19.4 Å². The van der Waals surface area contributed by atoms with Gasteiger partial charge in [0.2, 0.25) is 0 Å². The number of aromatic nitrogens is 2. The van der Waals surface area contributed by atoms with Gasteiger partial charge in [0.15, 0.2) is 0 Å². The lowest BCUT2D eigenvalue weighted by Gasteiger charge is -2.09. The molecule has 0 unspecified atom stereocenters. The maximum atomic E-state index is 5.67. The summed E-state index contributed by atoms with van der Waals surface area (Å²) in [5.74, 6) is 1.21. The van der Waals surface area contributed by atoms with Crippen LogP contribution in [0.2, 0.25) is 0 Å². The summed E-state index contributed by atoms with van der Waals surface area (Å²) >= 11 is 0. The molecule has 0 spiro atoms. The fourth-order valence-corrected chi connectivity index (χ4v) is 2.84. The van der Waals surface area contributed by atoms with Crippen molar-refractivity contribution in [2.45, 2.75) is 65.3 Å². The fourth-order valence-electron chi connectivity index (χ4n) is 2.84. The van der Waals surface area contributed by atoms with E-state index in [4.69, 9.17) is 10.7 Å². The van der Waals surface area contributed by atoms with Gasteiger partial charge in [0.1, 0.15) is 5.82 Å². The SMILES string of the molecule is CCCCCCn1c(CCCN)nc2cc(CC)ccc21. The Balaban J connectivity index is 2.24. The number of benzene rings is 1. The molecular weight excluding hydrogens is 258 g/mol. The van der Waals surface area contributed by atoms with Gasteiger partial charge in [0.05, 0.1) is 11.0 Å². The smallest absolute Gasteiger partial charge is 0.109 e. The van der Waals surface area contributed by atoms with Crippen molar-refractivity contribution in [2.24, 2.45) is 5.73 Å². The molecule has 0 aliphatic carbocycles. The van der Waals surface area contributed by atoms with Gasteiger partial charge in [-0.15, -0.1) is 0 Å². The Bertz CT molecular complexity index is 557. The first-order chi connectivity index (χ1) is 10.3. The van der Waals surface area contributed by atoms with Gasteiger partial charge in [-0.2, -0.15) is 0 Å². The third kappa shape index (κ3) is 4.07. The quantitative estimate of drug-likeness (QED) is 0.706. The highest BCUT2D eigenvalue weighted by Gasteiger charge is 2.10. The van der Waals surface area contributed by atoms with E-state index in [0.717, 1.165) is 37.9 Å². The lowest BCUT2D eigenvalue weighted by atomic mass is 10.1. The zero-order chi connectivity index (χ0) is 15.1. The molecule has 0 fully saturated rings. The van der Waals surface area contributed by atoms with E-state index in [0.29, 0.717) is 0 Å². The summed E-state index contributed by atoms with van der Waals surface area (Å²) in [5.41, 5.74) is 9.47. The van der Waals surface area contributed by atoms with Crippen molar-refractivity contribution in [2.75, 3.05) is 6.54 Å². The predicted molar refractivity (Wildman–Crippen MR) is 90.6 cm³/mol. The second-order valence-corrected chi connectivity index (χ2v) is 5.81. The van der Waals surface area contributed by atoms with E-state index in [1.807, 2.05) is 0 Å². The Morgan fingerprint density at radius 2 is 1.95 bits per heavy atom. The first-order valence-corrected chi connectivity index (χ1v) is 8.48. The van der Waals surface area contributed by atoms with Gasteiger partial charge in [0, 0.05) is 13.0 Å². The number of unbranched alkanes of at least 4 members (excludes halogenated alkanes) is 3. The van der Waals surface area contributed by atoms with Crippen LogP contribution in [0.3, 0.4) is 0 Å². The number of aryl methyl sites for hydroxylation is 3. The van der Waals surface area contributed by atoms with E-state index in [1.54, 1.807) is 0 Å². The first-order valence-electron chi connectivity index (χ1n) is 8.48. The summed E-state index contributed by atoms with van der Waals surface area (Å²) in [4.78, 5) is 4.87. The van der Waals surface area contributed by atoms with Crippen molar-refractivity contribution in [1.29, 1.82) is 0 Å². The fraction of sp³-hybridized carbons (Fsp3) is 0.611. The molecule has 1 heterocycles. The number of rotatable bonds is 9. The maximum absolute atomic E-state index is 5.67. The minimum absolute atomic E-state index is 0.735. The molecule has 0 aliphatic heterocycles. The lowest BCUT2D eigenvalue weighted by Crippen LogP contribution is -2.07. The number of imidazole rings is 1. The van der Waals surface area contributed by atoms with Crippen LogP contribution in [0.4, 0.5) is 0 Å². The molecule has 1 aromatic heterocycles. The largest absolute Gasteiger partial charge is 0.330 e. The summed E-state index contributed by atoms with van der Waals surface area (Å²) in [6.45, 7) is 6.27. The zero-order valence-corrected chi connectivity index (χ0v) is 13.6. The molecule has 3 nitrogen and oxygen atoms in total. The summed E-state index contributed by atoms with van der Waals surface area (Å²) in [6, 6.07) is 6.72. The molecule has 0 atom stereocenters. The second-order valence-electron chi connectivity index (χ2n) is 5.81. The van der Waals surface area contributed by atoms with Crippen LogP contribution < -0.4 is 5.73 Å². The summed E-state index contributed by atoms with van der Waals surface area (Å²) in [6.07, 6.45) is 8.22. The minimum Gasteiger partial charge on any atom is -0.330 e. The van der Waals surface area contributed by atoms with Gasteiger partial charge in [0.25, 0.3) is 0 Å². The monoisotopic (exact) mass is 287 g/mol. The van der Waals surface area contributed by atoms with E-state index in [-0.39, 0.29) is 0 Å². The number of nitrogens with zero attached hydrogens (tertiary/aromatic N) is 2. The predicted octanol–water partition coefficient (Wildman–Crippen LogP) is 4.07. The van der Waals surface area contributed by atoms with E-state index in [1.165, 1.54) is 42.6 Å². The van der Waals surface area contributed by atoms with Crippen molar-refractivity contribution in [3.05, 3.63) is 29.6 Å². The number of fused-ring (bicyclic) bond motifs is 1. The Hall–Kier alpha value is -1.35. The highest BCUT2D eigenvalue weighted by Crippen LogP contribution is 2.20. The van der Waals surface area contributed by atoms with Crippen LogP contribution in [0.1, 0.15) is 57.3 Å². The molecule has 0 radical (unpaired) electrons. The summed E-state index contributed by atoms with van der Waals surface area (Å²) < 4.78 is 2.42. The molecule has 0 bridgehead atoms. The van der Waals surface area contributed by atoms with Gasteiger partial charge in [-0.1, -0.05) is 39.2 Å². The Kier molecular flexibility index (Phi) is 6.24. The van der Waals surface area contributed by atoms with E-state index in [9.17, 15) is 0 Å². The number of nitrogens with two attached hydrogens (primary N) is 1. The van der Waals surface area contributed by atoms with Crippen molar-refractivity contribution < 1.29 is 0 Å². The molecule has 3 heteroatoms. The first kappa shape index (κ1) is 16.0. The molecule has 0 saturated carbocycles. The maximum Gasteiger partial charge on any atom is 0.109 e. The Morgan fingerprint density at radius 3 is 2.67 bits per heavy atom. The van der Waals surface area contributed by atoms with Crippen LogP contribution in [0.5, 0.6) is 0 Å². The van der Waals surface area contributed by atoms with Crippen molar-refractivity contribution >= 4 is 11.0 Å². The van der Waals surface area contributed by atoms with E-state index < -0.39 is 0 Å². The number of hydrogen-bond acceptors (Lipinski definition) is 2. The average Bonchev–Trinajstić information content (AvgIpc) is 2.86. The number of hydrogen-bond donors (Lipinski definition) is 1. The molecule has 116 valence electrons. The third-order valence-corrected chi connectivity index (χ3v) is 4.14. The van der Waals surface area contributed by atoms with Gasteiger partial charge >= 0.3 is 0 Å². The molecule has 2 N–H and O–H groups in total. The van der Waals surface area contributed by atoms with Crippen molar-refractivity contribution in [3.63, 3.8) is 0 Å². The van der Waals surface area contributed by atoms with Gasteiger partial charge in [-0.25, -0.2) is 4.98 Å². The van der Waals surface area contributed by atoms with Crippen LogP contribution in [0.15, 0.2) is 18.2 Å².